The van der Waals surface area contributed by atoms with Crippen molar-refractivity contribution in [3.05, 3.63) is 63.4 Å². The van der Waals surface area contributed by atoms with E-state index in [9.17, 15) is 0 Å². The van der Waals surface area contributed by atoms with Gasteiger partial charge in [-0.1, -0.05) is 36.4 Å². The minimum absolute atomic E-state index is 1.03. The number of aryl methyl sites for hydroxylation is 2. The summed E-state index contributed by atoms with van der Waals surface area (Å²) in [6.45, 7) is 8.12. The summed E-state index contributed by atoms with van der Waals surface area (Å²) in [7, 11) is 0. The van der Waals surface area contributed by atoms with Crippen LogP contribution in [0.25, 0.3) is 6.08 Å². The summed E-state index contributed by atoms with van der Waals surface area (Å²) in [5, 5.41) is 0. The van der Waals surface area contributed by atoms with Crippen molar-refractivity contribution in [2.24, 2.45) is 0 Å². The molecule has 0 aliphatic rings. The fraction of sp³-hybridized carbons (Fsp3) is 0.200. The van der Waals surface area contributed by atoms with E-state index in [4.69, 9.17) is 0 Å². The van der Waals surface area contributed by atoms with Crippen LogP contribution in [0, 0.1) is 13.8 Å². The Balaban J connectivity index is 2.26. The van der Waals surface area contributed by atoms with Gasteiger partial charge in [-0.05, 0) is 37.1 Å². The molecule has 0 radical (unpaired) electrons. The van der Waals surface area contributed by atoms with Gasteiger partial charge in [-0.2, -0.15) is 0 Å². The predicted octanol–water partition coefficient (Wildman–Crippen LogP) is 4.60. The third-order valence-electron chi connectivity index (χ3n) is 2.75. The Labute approximate surface area is 101 Å². The highest BCUT2D eigenvalue weighted by Crippen LogP contribution is 2.22. The molecule has 1 aromatic carbocycles. The maximum Gasteiger partial charge on any atom is 0.0267 e. The largest absolute Gasteiger partial charge is 0.141 e. The zero-order chi connectivity index (χ0) is 11.5. The van der Waals surface area contributed by atoms with E-state index >= 15 is 0 Å². The molecule has 0 atom stereocenters. The molecule has 82 valence electrons. The highest BCUT2D eigenvalue weighted by atomic mass is 32.1. The van der Waals surface area contributed by atoms with Gasteiger partial charge in [-0.25, -0.2) is 0 Å². The molecule has 1 heterocycles. The van der Waals surface area contributed by atoms with E-state index in [0.717, 1.165) is 6.42 Å². The Kier molecular flexibility index (Phi) is 3.25. The normalized spacial score (nSPS) is 10.4. The summed E-state index contributed by atoms with van der Waals surface area (Å²) in [4.78, 5) is 2.66. The van der Waals surface area contributed by atoms with Gasteiger partial charge in [-0.15, -0.1) is 11.3 Å². The van der Waals surface area contributed by atoms with Gasteiger partial charge in [0.15, 0.2) is 0 Å². The average molecular weight is 228 g/mol. The number of hydrogen-bond acceptors (Lipinski definition) is 1. The summed E-state index contributed by atoms with van der Waals surface area (Å²) in [6.07, 6.45) is 2.95. The maximum absolute atomic E-state index is 3.79. The Hall–Kier alpha value is -1.34. The van der Waals surface area contributed by atoms with Crippen LogP contribution in [0.3, 0.4) is 0 Å². The third kappa shape index (κ3) is 2.42. The quantitative estimate of drug-likeness (QED) is 0.720. The van der Waals surface area contributed by atoms with E-state index in [1.807, 2.05) is 17.4 Å². The Morgan fingerprint density at radius 1 is 1.19 bits per heavy atom. The average Bonchev–Trinajstić information content (AvgIpc) is 2.71. The first-order valence-corrected chi connectivity index (χ1v) is 6.28. The van der Waals surface area contributed by atoms with Crippen LogP contribution >= 0.6 is 11.3 Å². The van der Waals surface area contributed by atoms with Gasteiger partial charge in [0.1, 0.15) is 0 Å². The van der Waals surface area contributed by atoms with E-state index in [0.29, 0.717) is 0 Å². The molecule has 0 saturated heterocycles. The van der Waals surface area contributed by atoms with E-state index in [2.05, 4.69) is 50.8 Å². The predicted molar refractivity (Wildman–Crippen MR) is 73.1 cm³/mol. The molecule has 0 N–H and O–H groups in total. The van der Waals surface area contributed by atoms with Crippen molar-refractivity contribution >= 4 is 17.4 Å². The molecule has 1 heteroatoms. The van der Waals surface area contributed by atoms with Crippen LogP contribution in [0.15, 0.2) is 36.9 Å². The molecule has 0 spiro atoms. The number of thiophene rings is 1. The van der Waals surface area contributed by atoms with Gasteiger partial charge >= 0.3 is 0 Å². The van der Waals surface area contributed by atoms with E-state index in [1.54, 1.807) is 0 Å². The molecular formula is C15H16S. The first-order valence-electron chi connectivity index (χ1n) is 5.46. The van der Waals surface area contributed by atoms with Crippen molar-refractivity contribution in [3.63, 3.8) is 0 Å². The molecule has 0 aliphatic carbocycles. The van der Waals surface area contributed by atoms with Crippen LogP contribution in [-0.2, 0) is 6.42 Å². The van der Waals surface area contributed by atoms with Gasteiger partial charge in [0.05, 0.1) is 0 Å². The Bertz CT molecular complexity index is 506. The van der Waals surface area contributed by atoms with Crippen LogP contribution in [0.5, 0.6) is 0 Å². The van der Waals surface area contributed by atoms with Crippen molar-refractivity contribution in [3.8, 4) is 0 Å². The van der Waals surface area contributed by atoms with Gasteiger partial charge < -0.3 is 0 Å². The highest BCUT2D eigenvalue weighted by Gasteiger charge is 2.03. The number of rotatable bonds is 3. The van der Waals surface area contributed by atoms with Gasteiger partial charge in [0, 0.05) is 16.2 Å². The third-order valence-corrected chi connectivity index (χ3v) is 3.83. The molecule has 2 rings (SSSR count). The SMILES string of the molecule is C=Cc1ccc(Cc2cc(C)ccc2C)s1. The second-order valence-electron chi connectivity index (χ2n) is 4.11. The fourth-order valence-electron chi connectivity index (χ4n) is 1.78. The number of hydrogen-bond donors (Lipinski definition) is 0. The van der Waals surface area contributed by atoms with Crippen LogP contribution in [0.2, 0.25) is 0 Å². The van der Waals surface area contributed by atoms with Crippen LogP contribution in [0.1, 0.15) is 26.4 Å². The summed E-state index contributed by atoms with van der Waals surface area (Å²) >= 11 is 1.82. The van der Waals surface area contributed by atoms with Crippen molar-refractivity contribution in [2.75, 3.05) is 0 Å². The smallest absolute Gasteiger partial charge is 0.0267 e. The van der Waals surface area contributed by atoms with Crippen LogP contribution < -0.4 is 0 Å². The minimum atomic E-state index is 1.03. The lowest BCUT2D eigenvalue weighted by Crippen LogP contribution is -1.90. The minimum Gasteiger partial charge on any atom is -0.141 e. The summed E-state index contributed by atoms with van der Waals surface area (Å²) in [5.74, 6) is 0. The standard InChI is InChI=1S/C15H16S/c1-4-14-7-8-15(16-14)10-13-9-11(2)5-6-12(13)3/h4-9H,1,10H2,2-3H3. The van der Waals surface area contributed by atoms with E-state index in [-0.39, 0.29) is 0 Å². The van der Waals surface area contributed by atoms with Gasteiger partial charge in [0.2, 0.25) is 0 Å². The van der Waals surface area contributed by atoms with Crippen molar-refractivity contribution < 1.29 is 0 Å². The lowest BCUT2D eigenvalue weighted by atomic mass is 10.0. The maximum atomic E-state index is 3.79. The second kappa shape index (κ2) is 4.67. The summed E-state index contributed by atoms with van der Waals surface area (Å²) < 4.78 is 0. The Morgan fingerprint density at radius 2 is 2.00 bits per heavy atom. The molecule has 0 amide bonds. The Morgan fingerprint density at radius 3 is 2.69 bits per heavy atom. The second-order valence-corrected chi connectivity index (χ2v) is 5.31. The molecule has 0 nitrogen and oxygen atoms in total. The lowest BCUT2D eigenvalue weighted by molar-refractivity contribution is 1.18. The first-order chi connectivity index (χ1) is 7.69. The van der Waals surface area contributed by atoms with Gasteiger partial charge in [0.25, 0.3) is 0 Å². The molecular weight excluding hydrogens is 212 g/mol. The molecule has 0 unspecified atom stereocenters. The fourth-order valence-corrected chi connectivity index (χ4v) is 2.66. The van der Waals surface area contributed by atoms with Gasteiger partial charge in [-0.3, -0.25) is 0 Å². The number of benzene rings is 1. The van der Waals surface area contributed by atoms with Crippen LogP contribution in [0.4, 0.5) is 0 Å². The molecule has 1 aromatic heterocycles. The first kappa shape index (κ1) is 11.2. The van der Waals surface area contributed by atoms with E-state index < -0.39 is 0 Å². The summed E-state index contributed by atoms with van der Waals surface area (Å²) in [5.41, 5.74) is 4.14. The highest BCUT2D eigenvalue weighted by molar-refractivity contribution is 7.12. The summed E-state index contributed by atoms with van der Waals surface area (Å²) in [6, 6.07) is 11.0. The van der Waals surface area contributed by atoms with Crippen molar-refractivity contribution in [1.29, 1.82) is 0 Å². The topological polar surface area (TPSA) is 0 Å². The monoisotopic (exact) mass is 228 g/mol. The molecule has 0 bridgehead atoms. The molecule has 16 heavy (non-hydrogen) atoms. The van der Waals surface area contributed by atoms with Crippen LogP contribution in [-0.4, -0.2) is 0 Å². The van der Waals surface area contributed by atoms with Crippen molar-refractivity contribution in [1.82, 2.24) is 0 Å². The lowest BCUT2D eigenvalue weighted by Gasteiger charge is -2.05. The molecule has 0 aliphatic heterocycles. The zero-order valence-electron chi connectivity index (χ0n) is 9.79. The van der Waals surface area contributed by atoms with E-state index in [1.165, 1.54) is 26.4 Å². The zero-order valence-corrected chi connectivity index (χ0v) is 10.6. The molecule has 0 fully saturated rings. The van der Waals surface area contributed by atoms with Crippen molar-refractivity contribution in [2.45, 2.75) is 20.3 Å². The molecule has 0 saturated carbocycles. The molecule has 2 aromatic rings.